The molecule has 5 heteroatoms. The highest BCUT2D eigenvalue weighted by Crippen LogP contribution is 2.11. The normalized spacial score (nSPS) is 18.6. The molecular weight excluding hydrogens is 302 g/mol. The Kier molecular flexibility index (Phi) is 2.65. The van der Waals surface area contributed by atoms with Gasteiger partial charge >= 0.3 is 6.09 Å². The summed E-state index contributed by atoms with van der Waals surface area (Å²) in [7, 11) is 0. The first kappa shape index (κ1) is 8.33. The van der Waals surface area contributed by atoms with Gasteiger partial charge in [0.2, 0.25) is 0 Å². The zero-order chi connectivity index (χ0) is 24.7. The molecule has 24 heavy (non-hydrogen) atoms. The van der Waals surface area contributed by atoms with Crippen LogP contribution >= 0.6 is 0 Å². The minimum absolute atomic E-state index is 0.308. The molecule has 0 bridgehead atoms. The van der Waals surface area contributed by atoms with Gasteiger partial charge in [-0.05, 0) is 24.1 Å². The number of aromatic nitrogens is 2. The van der Waals surface area contributed by atoms with Crippen LogP contribution in [0.15, 0.2) is 54.6 Å². The molecule has 0 spiro atoms. The summed E-state index contributed by atoms with van der Waals surface area (Å²) in [6, 6.07) is 14.6. The van der Waals surface area contributed by atoms with E-state index in [2.05, 4.69) is 9.97 Å². The average Bonchev–Trinajstić information content (AvgIpc) is 3.16. The van der Waals surface area contributed by atoms with E-state index < -0.39 is 38.1 Å². The summed E-state index contributed by atoms with van der Waals surface area (Å²) in [5, 5.41) is 0. The monoisotopic (exact) mass is 332 g/mol. The van der Waals surface area contributed by atoms with Crippen molar-refractivity contribution in [2.75, 3.05) is 13.5 Å². The molecule has 1 N–H and O–H groups in total. The molecule has 1 amide bonds. The van der Waals surface area contributed by atoms with Gasteiger partial charge in [0.1, 0.15) is 12.4 Å². The van der Waals surface area contributed by atoms with Gasteiger partial charge in [-0.1, -0.05) is 42.5 Å². The number of amides is 1. The van der Waals surface area contributed by atoms with Crippen molar-refractivity contribution in [1.82, 2.24) is 14.9 Å². The molecule has 0 saturated heterocycles. The van der Waals surface area contributed by atoms with E-state index in [1.807, 2.05) is 0 Å². The largest absolute Gasteiger partial charge is 0.445 e. The van der Waals surface area contributed by atoms with Gasteiger partial charge in [0.25, 0.3) is 0 Å². The van der Waals surface area contributed by atoms with Crippen LogP contribution in [0.25, 0.3) is 11.0 Å². The minimum Gasteiger partial charge on any atom is -0.445 e. The first-order valence-electron chi connectivity index (χ1n) is 11.7. The number of carbonyl (C=O) groups is 1. The van der Waals surface area contributed by atoms with E-state index in [9.17, 15) is 4.79 Å². The fraction of sp³-hybridized carbons (Fsp3) is 0.263. The molecule has 0 aliphatic heterocycles. The van der Waals surface area contributed by atoms with Crippen LogP contribution in [0.5, 0.6) is 0 Å². The number of rotatable bonds is 6. The summed E-state index contributed by atoms with van der Waals surface area (Å²) in [5.74, 6) is -0.555. The fourth-order valence-corrected chi connectivity index (χ4v) is 1.98. The van der Waals surface area contributed by atoms with Crippen LogP contribution in [0.1, 0.15) is 30.1 Å². The number of nitrogens with one attached hydrogen (secondary N) is 1. The summed E-state index contributed by atoms with van der Waals surface area (Å²) in [6.07, 6.45) is -8.40. The van der Waals surface area contributed by atoms with Crippen molar-refractivity contribution in [2.45, 2.75) is 19.4 Å². The van der Waals surface area contributed by atoms with Gasteiger partial charge in [0.15, 0.2) is 0 Å². The number of imidazole rings is 1. The lowest BCUT2D eigenvalue weighted by Crippen LogP contribution is -2.28. The highest BCUT2D eigenvalue weighted by atomic mass is 16.6. The Morgan fingerprint density at radius 2 is 2.04 bits per heavy atom. The second-order valence-corrected chi connectivity index (χ2v) is 4.84. The SMILES string of the molecule is [2H]C([2H])([2H])N(C(=O)OCc1ccccc1)C([2H])([2H])C([2H])([2H])C([2H])([2H])c1nc2ccccc2[nH]1. The van der Waals surface area contributed by atoms with Gasteiger partial charge in [-0.15, -0.1) is 0 Å². The first-order valence-corrected chi connectivity index (χ1v) is 7.16. The smallest absolute Gasteiger partial charge is 0.409 e. The second-order valence-electron chi connectivity index (χ2n) is 4.84. The number of H-pyrrole nitrogens is 1. The van der Waals surface area contributed by atoms with Gasteiger partial charge in [-0.3, -0.25) is 0 Å². The zero-order valence-electron chi connectivity index (χ0n) is 21.6. The standard InChI is InChI=1S/C19H21N3O2/c1-22(19(23)24-14-15-8-3-2-4-9-15)13-7-12-18-20-16-10-5-6-11-17(16)21-18/h2-6,8-11H,7,12-14H2,1H3,(H,20,21)/i1D3,7D2,12D2,13D2. The van der Waals surface area contributed by atoms with Crippen molar-refractivity contribution in [3.63, 3.8) is 0 Å². The zero-order valence-corrected chi connectivity index (χ0v) is 12.6. The fourth-order valence-electron chi connectivity index (χ4n) is 1.98. The van der Waals surface area contributed by atoms with Gasteiger partial charge < -0.3 is 14.6 Å². The van der Waals surface area contributed by atoms with Gasteiger partial charge in [-0.2, -0.15) is 0 Å². The molecular formula is C19H21N3O2. The average molecular weight is 332 g/mol. The van der Waals surface area contributed by atoms with Crippen molar-refractivity contribution in [2.24, 2.45) is 0 Å². The van der Waals surface area contributed by atoms with E-state index in [-0.39, 0.29) is 11.5 Å². The van der Waals surface area contributed by atoms with Crippen LogP contribution in [0, 0.1) is 0 Å². The number of benzene rings is 2. The number of aromatic amines is 1. The van der Waals surface area contributed by atoms with E-state index in [0.29, 0.717) is 16.6 Å². The molecule has 0 fully saturated rings. The third-order valence-electron chi connectivity index (χ3n) is 3.13. The molecule has 3 rings (SSSR count). The summed E-state index contributed by atoms with van der Waals surface area (Å²) in [6.45, 7) is -7.54. The van der Waals surface area contributed by atoms with Gasteiger partial charge in [0, 0.05) is 32.2 Å². The topological polar surface area (TPSA) is 58.2 Å². The number of hydrogen-bond acceptors (Lipinski definition) is 3. The number of aryl methyl sites for hydroxylation is 1. The van der Waals surface area contributed by atoms with E-state index in [0.717, 1.165) is 0 Å². The summed E-state index contributed by atoms with van der Waals surface area (Å²) >= 11 is 0. The molecule has 1 heterocycles. The lowest BCUT2D eigenvalue weighted by molar-refractivity contribution is 0.104. The summed E-state index contributed by atoms with van der Waals surface area (Å²) in [5.41, 5.74) is 1.18. The molecule has 0 unspecified atom stereocenters. The molecule has 0 atom stereocenters. The van der Waals surface area contributed by atoms with Crippen molar-refractivity contribution < 1.29 is 21.9 Å². The molecule has 0 radical (unpaired) electrons. The maximum Gasteiger partial charge on any atom is 0.409 e. The number of ether oxygens (including phenoxy) is 1. The third kappa shape index (κ3) is 4.13. The predicted molar refractivity (Wildman–Crippen MR) is 93.7 cm³/mol. The molecule has 2 aromatic carbocycles. The summed E-state index contributed by atoms with van der Waals surface area (Å²) < 4.78 is 77.7. The quantitative estimate of drug-likeness (QED) is 0.747. The number of para-hydroxylation sites is 2. The second kappa shape index (κ2) is 7.64. The van der Waals surface area contributed by atoms with E-state index in [4.69, 9.17) is 17.1 Å². The number of hydrogen-bond donors (Lipinski definition) is 1. The summed E-state index contributed by atoms with van der Waals surface area (Å²) in [4.78, 5) is 18.9. The maximum atomic E-state index is 12.7. The molecule has 1 aromatic heterocycles. The highest BCUT2D eigenvalue weighted by Gasteiger charge is 2.10. The van der Waals surface area contributed by atoms with Crippen molar-refractivity contribution in [1.29, 1.82) is 0 Å². The lowest BCUT2D eigenvalue weighted by atomic mass is 10.2. The van der Waals surface area contributed by atoms with Gasteiger partial charge in [-0.25, -0.2) is 9.78 Å². The third-order valence-corrected chi connectivity index (χ3v) is 3.13. The molecule has 0 aliphatic carbocycles. The van der Waals surface area contributed by atoms with Crippen LogP contribution in [-0.4, -0.2) is 34.4 Å². The lowest BCUT2D eigenvalue weighted by Gasteiger charge is -2.16. The molecule has 0 saturated carbocycles. The van der Waals surface area contributed by atoms with Crippen molar-refractivity contribution in [3.05, 3.63) is 66.0 Å². The Labute approximate surface area is 153 Å². The Hall–Kier alpha value is -2.82. The molecule has 124 valence electrons. The Balaban J connectivity index is 1.97. The molecule has 0 aliphatic rings. The van der Waals surface area contributed by atoms with Crippen molar-refractivity contribution >= 4 is 17.1 Å². The number of fused-ring (bicyclic) bond motifs is 1. The van der Waals surface area contributed by atoms with Gasteiger partial charge in [0.05, 0.1) is 11.0 Å². The maximum absolute atomic E-state index is 12.7. The van der Waals surface area contributed by atoms with Crippen LogP contribution in [0.4, 0.5) is 4.79 Å². The first-order chi connectivity index (χ1) is 15.2. The highest BCUT2D eigenvalue weighted by molar-refractivity contribution is 5.74. The van der Waals surface area contributed by atoms with Crippen molar-refractivity contribution in [3.8, 4) is 0 Å². The number of carbonyl (C=O) groups excluding carboxylic acids is 1. The predicted octanol–water partition coefficient (Wildman–Crippen LogP) is 3.76. The molecule has 5 nitrogen and oxygen atoms in total. The molecule has 3 aromatic rings. The van der Waals surface area contributed by atoms with E-state index in [1.54, 1.807) is 54.6 Å². The Morgan fingerprint density at radius 1 is 1.25 bits per heavy atom. The Morgan fingerprint density at radius 3 is 2.83 bits per heavy atom. The van der Waals surface area contributed by atoms with E-state index >= 15 is 0 Å². The Bertz CT molecular complexity index is 1100. The van der Waals surface area contributed by atoms with Crippen LogP contribution in [-0.2, 0) is 17.7 Å². The van der Waals surface area contributed by atoms with Crippen LogP contribution in [0.3, 0.4) is 0 Å². The number of nitrogens with zero attached hydrogens (tertiary/aromatic N) is 2. The van der Waals surface area contributed by atoms with E-state index in [1.165, 1.54) is 0 Å². The van der Waals surface area contributed by atoms with Crippen LogP contribution < -0.4 is 0 Å². The van der Waals surface area contributed by atoms with Crippen LogP contribution in [0.2, 0.25) is 0 Å². The minimum atomic E-state index is -3.67.